The van der Waals surface area contributed by atoms with Crippen molar-refractivity contribution in [2.75, 3.05) is 22.8 Å². The molecule has 2 aromatic rings. The smallest absolute Gasteiger partial charge is 0.370 e. The number of nitrogens with one attached hydrogen (secondary N) is 3. The van der Waals surface area contributed by atoms with E-state index in [9.17, 15) is 30.8 Å². The van der Waals surface area contributed by atoms with E-state index in [0.717, 1.165) is 24.5 Å². The maximum Gasteiger partial charge on any atom is 0.433 e. The molecule has 0 saturated carbocycles. The molecule has 174 valence electrons. The summed E-state index contributed by atoms with van der Waals surface area (Å²) in [4.78, 5) is 15.7. The molecule has 12 heteroatoms. The molecule has 1 heterocycles. The highest BCUT2D eigenvalue weighted by molar-refractivity contribution is 7.92. The normalized spacial score (nSPS) is 12.1. The Bertz CT molecular complexity index is 1110. The van der Waals surface area contributed by atoms with Crippen molar-refractivity contribution in [1.82, 2.24) is 10.3 Å². The molecule has 1 aromatic carbocycles. The van der Waals surface area contributed by atoms with Crippen molar-refractivity contribution in [3.05, 3.63) is 58.5 Å². The van der Waals surface area contributed by atoms with Gasteiger partial charge in [0.1, 0.15) is 17.3 Å². The molecule has 0 atom stereocenters. The Morgan fingerprint density at radius 3 is 2.47 bits per heavy atom. The summed E-state index contributed by atoms with van der Waals surface area (Å²) in [6, 6.07) is 4.62. The van der Waals surface area contributed by atoms with Gasteiger partial charge in [0.05, 0.1) is 11.9 Å². The van der Waals surface area contributed by atoms with Gasteiger partial charge in [0.2, 0.25) is 15.9 Å². The van der Waals surface area contributed by atoms with Crippen LogP contribution in [0, 0.1) is 12.7 Å². The second kappa shape index (κ2) is 9.98. The highest BCUT2D eigenvalue weighted by Crippen LogP contribution is 2.30. The van der Waals surface area contributed by atoms with E-state index in [0.29, 0.717) is 17.7 Å². The van der Waals surface area contributed by atoms with Gasteiger partial charge in [-0.25, -0.2) is 17.8 Å². The van der Waals surface area contributed by atoms with Gasteiger partial charge in [-0.15, -0.1) is 0 Å². The van der Waals surface area contributed by atoms with Crippen LogP contribution in [0.2, 0.25) is 0 Å². The SMILES string of the molecule is CCNc1nc(C(F)(F)F)ccc1/C=C/C(=O)NCc1cc(C)c(NS(C)(=O)=O)c(F)c1. The van der Waals surface area contributed by atoms with Gasteiger partial charge in [-0.1, -0.05) is 6.07 Å². The highest BCUT2D eigenvalue weighted by Gasteiger charge is 2.32. The predicted molar refractivity (Wildman–Crippen MR) is 114 cm³/mol. The van der Waals surface area contributed by atoms with E-state index in [2.05, 4.69) is 20.3 Å². The summed E-state index contributed by atoms with van der Waals surface area (Å²) in [6.45, 7) is 3.49. The first-order valence-electron chi connectivity index (χ1n) is 9.35. The van der Waals surface area contributed by atoms with Crippen LogP contribution in [0.5, 0.6) is 0 Å². The molecule has 1 amide bonds. The quantitative estimate of drug-likeness (QED) is 0.400. The number of amides is 1. The fourth-order valence-electron chi connectivity index (χ4n) is 2.72. The minimum absolute atomic E-state index is 0.0157. The number of aromatic nitrogens is 1. The van der Waals surface area contributed by atoms with Crippen molar-refractivity contribution >= 4 is 33.5 Å². The summed E-state index contributed by atoms with van der Waals surface area (Å²) in [5.41, 5.74) is -0.214. The monoisotopic (exact) mass is 474 g/mol. The van der Waals surface area contributed by atoms with Crippen molar-refractivity contribution in [2.45, 2.75) is 26.6 Å². The first kappa shape index (κ1) is 25.1. The van der Waals surface area contributed by atoms with Gasteiger partial charge in [0.15, 0.2) is 0 Å². The van der Waals surface area contributed by atoms with Crippen LogP contribution in [0.15, 0.2) is 30.3 Å². The Hall–Kier alpha value is -3.15. The van der Waals surface area contributed by atoms with Crippen LogP contribution >= 0.6 is 0 Å². The molecule has 0 spiro atoms. The molecule has 7 nitrogen and oxygen atoms in total. The molecular weight excluding hydrogens is 452 g/mol. The first-order chi connectivity index (χ1) is 14.8. The van der Waals surface area contributed by atoms with Gasteiger partial charge in [-0.3, -0.25) is 9.52 Å². The molecule has 0 fully saturated rings. The number of pyridine rings is 1. The van der Waals surface area contributed by atoms with Crippen LogP contribution in [0.3, 0.4) is 0 Å². The van der Waals surface area contributed by atoms with E-state index in [1.54, 1.807) is 6.92 Å². The number of carbonyl (C=O) groups excluding carboxylic acids is 1. The third-order valence-electron chi connectivity index (χ3n) is 4.08. The van der Waals surface area contributed by atoms with Crippen LogP contribution in [-0.4, -0.2) is 32.1 Å². The molecule has 3 N–H and O–H groups in total. The topological polar surface area (TPSA) is 100 Å². The average Bonchev–Trinajstić information content (AvgIpc) is 2.67. The lowest BCUT2D eigenvalue weighted by atomic mass is 10.1. The summed E-state index contributed by atoms with van der Waals surface area (Å²) in [5.74, 6) is -1.37. The maximum atomic E-state index is 14.2. The van der Waals surface area contributed by atoms with E-state index >= 15 is 0 Å². The average molecular weight is 474 g/mol. The van der Waals surface area contributed by atoms with Gasteiger partial charge < -0.3 is 10.6 Å². The van der Waals surface area contributed by atoms with Crippen molar-refractivity contribution in [1.29, 1.82) is 0 Å². The van der Waals surface area contributed by atoms with Crippen LogP contribution in [0.4, 0.5) is 29.1 Å². The number of carbonyl (C=O) groups is 1. The Kier molecular flexibility index (Phi) is 7.83. The standard InChI is InChI=1S/C20H22F4N4O3S/c1-4-25-19-14(5-7-16(27-19)20(22,23)24)6-8-17(29)26-11-13-9-12(2)18(15(21)10-13)28-32(3,30)31/h5-10,28H,4,11H2,1-3H3,(H,25,27)(H,26,29)/b8-6+. The molecule has 0 aliphatic rings. The van der Waals surface area contributed by atoms with Crippen molar-refractivity contribution in [3.8, 4) is 0 Å². The van der Waals surface area contributed by atoms with Gasteiger partial charge in [-0.05, 0) is 49.2 Å². The lowest BCUT2D eigenvalue weighted by molar-refractivity contribution is -0.141. The zero-order valence-corrected chi connectivity index (χ0v) is 18.3. The molecular formula is C20H22F4N4O3S. The van der Waals surface area contributed by atoms with Crippen LogP contribution in [0.1, 0.15) is 29.3 Å². The molecule has 2 rings (SSSR count). The Labute approximate surface area is 183 Å². The number of benzene rings is 1. The number of halogens is 4. The molecule has 0 aliphatic heterocycles. The second-order valence-electron chi connectivity index (χ2n) is 6.86. The zero-order valence-electron chi connectivity index (χ0n) is 17.5. The number of sulfonamides is 1. The number of rotatable bonds is 8. The number of nitrogens with zero attached hydrogens (tertiary/aromatic N) is 1. The van der Waals surface area contributed by atoms with E-state index < -0.39 is 33.6 Å². The fraction of sp³-hybridized carbons (Fsp3) is 0.300. The molecule has 0 aliphatic carbocycles. The van der Waals surface area contributed by atoms with Crippen LogP contribution < -0.4 is 15.4 Å². The number of anilines is 2. The third-order valence-corrected chi connectivity index (χ3v) is 4.65. The Morgan fingerprint density at radius 1 is 1.22 bits per heavy atom. The third kappa shape index (κ3) is 7.22. The lowest BCUT2D eigenvalue weighted by Gasteiger charge is -2.12. The minimum Gasteiger partial charge on any atom is -0.370 e. The Balaban J connectivity index is 2.10. The number of hydrogen-bond acceptors (Lipinski definition) is 5. The highest BCUT2D eigenvalue weighted by atomic mass is 32.2. The number of alkyl halides is 3. The largest absolute Gasteiger partial charge is 0.433 e. The first-order valence-corrected chi connectivity index (χ1v) is 11.2. The second-order valence-corrected chi connectivity index (χ2v) is 8.61. The van der Waals surface area contributed by atoms with Gasteiger partial charge in [0, 0.05) is 24.7 Å². The molecule has 0 unspecified atom stereocenters. The summed E-state index contributed by atoms with van der Waals surface area (Å²) in [6.07, 6.45) is -1.26. The molecule has 1 aromatic heterocycles. The van der Waals surface area contributed by atoms with Crippen molar-refractivity contribution in [3.63, 3.8) is 0 Å². The van der Waals surface area contributed by atoms with E-state index in [1.807, 2.05) is 0 Å². The van der Waals surface area contributed by atoms with E-state index in [4.69, 9.17) is 0 Å². The zero-order chi connectivity index (χ0) is 24.1. The van der Waals surface area contributed by atoms with E-state index in [1.165, 1.54) is 25.1 Å². The molecule has 0 saturated heterocycles. The van der Waals surface area contributed by atoms with Gasteiger partial charge >= 0.3 is 6.18 Å². The molecule has 32 heavy (non-hydrogen) atoms. The van der Waals surface area contributed by atoms with Gasteiger partial charge in [-0.2, -0.15) is 13.2 Å². The number of aryl methyl sites for hydroxylation is 1. The molecule has 0 bridgehead atoms. The predicted octanol–water partition coefficient (Wildman–Crippen LogP) is 3.68. The number of hydrogen-bond donors (Lipinski definition) is 3. The summed E-state index contributed by atoms with van der Waals surface area (Å²) < 4.78 is 77.5. The Morgan fingerprint density at radius 2 is 1.91 bits per heavy atom. The van der Waals surface area contributed by atoms with Crippen LogP contribution in [-0.2, 0) is 27.5 Å². The summed E-state index contributed by atoms with van der Waals surface area (Å²) in [5, 5.41) is 5.25. The molecule has 0 radical (unpaired) electrons. The maximum absolute atomic E-state index is 14.2. The van der Waals surface area contributed by atoms with Crippen molar-refractivity contribution < 1.29 is 30.8 Å². The van der Waals surface area contributed by atoms with Crippen molar-refractivity contribution in [2.24, 2.45) is 0 Å². The lowest BCUT2D eigenvalue weighted by Crippen LogP contribution is -2.20. The fourth-order valence-corrected chi connectivity index (χ4v) is 3.35. The van der Waals surface area contributed by atoms with Gasteiger partial charge in [0.25, 0.3) is 0 Å². The summed E-state index contributed by atoms with van der Waals surface area (Å²) in [7, 11) is -3.65. The summed E-state index contributed by atoms with van der Waals surface area (Å²) >= 11 is 0. The van der Waals surface area contributed by atoms with Crippen LogP contribution in [0.25, 0.3) is 6.08 Å². The van der Waals surface area contributed by atoms with E-state index in [-0.39, 0.29) is 23.6 Å². The minimum atomic E-state index is -4.59.